The predicted octanol–water partition coefficient (Wildman–Crippen LogP) is 2.42. The Bertz CT molecular complexity index is 75.7. The van der Waals surface area contributed by atoms with Crippen molar-refractivity contribution in [2.24, 2.45) is 0 Å². The molecular formula is C8H18O3. The fourth-order valence-corrected chi connectivity index (χ4v) is 0.761. The summed E-state index contributed by atoms with van der Waals surface area (Å²) < 4.78 is 5.20. The van der Waals surface area contributed by atoms with Gasteiger partial charge in [0, 0.05) is 13.0 Å². The molecule has 0 aromatic carbocycles. The first kappa shape index (κ1) is 10.9. The lowest BCUT2D eigenvalue weighted by Crippen LogP contribution is -2.15. The zero-order valence-electron chi connectivity index (χ0n) is 7.38. The van der Waals surface area contributed by atoms with Gasteiger partial charge in [-0.2, -0.15) is 0 Å². The van der Waals surface area contributed by atoms with Crippen molar-refractivity contribution >= 4 is 0 Å². The van der Waals surface area contributed by atoms with E-state index < -0.39 is 6.29 Å². The minimum Gasteiger partial charge on any atom is -0.350 e. The molecule has 1 N–H and O–H groups in total. The van der Waals surface area contributed by atoms with Gasteiger partial charge in [0.1, 0.15) is 0 Å². The Labute approximate surface area is 68.2 Å². The molecule has 0 aliphatic rings. The van der Waals surface area contributed by atoms with Gasteiger partial charge in [-0.25, -0.2) is 10.1 Å². The third-order valence-electron chi connectivity index (χ3n) is 1.44. The largest absolute Gasteiger partial charge is 0.350 e. The van der Waals surface area contributed by atoms with Crippen LogP contribution in [0.4, 0.5) is 0 Å². The van der Waals surface area contributed by atoms with Crippen LogP contribution in [-0.4, -0.2) is 18.2 Å². The molecule has 0 radical (unpaired) electrons. The lowest BCUT2D eigenvalue weighted by atomic mass is 10.3. The topological polar surface area (TPSA) is 38.7 Å². The molecule has 0 unspecified atom stereocenters. The van der Waals surface area contributed by atoms with Gasteiger partial charge >= 0.3 is 0 Å². The summed E-state index contributed by atoms with van der Waals surface area (Å²) >= 11 is 0. The summed E-state index contributed by atoms with van der Waals surface area (Å²) in [5, 5.41) is 8.33. The van der Waals surface area contributed by atoms with Crippen LogP contribution in [0.5, 0.6) is 0 Å². The van der Waals surface area contributed by atoms with Crippen molar-refractivity contribution in [3.63, 3.8) is 0 Å². The number of unbranched alkanes of at least 4 members (excludes halogenated alkanes) is 1. The Hall–Kier alpha value is -0.120. The van der Waals surface area contributed by atoms with Gasteiger partial charge in [0.05, 0.1) is 0 Å². The SMILES string of the molecule is CCCCO[C@@H](CCC)OO. The zero-order chi connectivity index (χ0) is 8.53. The van der Waals surface area contributed by atoms with Crippen LogP contribution in [0.15, 0.2) is 0 Å². The zero-order valence-corrected chi connectivity index (χ0v) is 7.38. The van der Waals surface area contributed by atoms with Crippen molar-refractivity contribution in [3.05, 3.63) is 0 Å². The van der Waals surface area contributed by atoms with Crippen molar-refractivity contribution in [1.82, 2.24) is 0 Å². The maximum absolute atomic E-state index is 8.33. The highest BCUT2D eigenvalue weighted by atomic mass is 17.1. The van der Waals surface area contributed by atoms with Crippen molar-refractivity contribution in [3.8, 4) is 0 Å². The van der Waals surface area contributed by atoms with Gasteiger partial charge in [-0.1, -0.05) is 26.7 Å². The lowest BCUT2D eigenvalue weighted by molar-refractivity contribution is -0.347. The van der Waals surface area contributed by atoms with Crippen molar-refractivity contribution < 1.29 is 14.9 Å². The smallest absolute Gasteiger partial charge is 0.190 e. The van der Waals surface area contributed by atoms with Gasteiger partial charge < -0.3 is 4.74 Å². The fourth-order valence-electron chi connectivity index (χ4n) is 0.761. The summed E-state index contributed by atoms with van der Waals surface area (Å²) in [6, 6.07) is 0. The third kappa shape index (κ3) is 6.28. The van der Waals surface area contributed by atoms with E-state index in [9.17, 15) is 0 Å². The summed E-state index contributed by atoms with van der Waals surface area (Å²) in [5.41, 5.74) is 0. The van der Waals surface area contributed by atoms with Crippen molar-refractivity contribution in [2.45, 2.75) is 45.8 Å². The minimum absolute atomic E-state index is 0.424. The molecule has 3 heteroatoms. The molecule has 0 saturated heterocycles. The average molecular weight is 162 g/mol. The molecule has 0 rings (SSSR count). The Kier molecular flexibility index (Phi) is 7.89. The predicted molar refractivity (Wildman–Crippen MR) is 43.3 cm³/mol. The Morgan fingerprint density at radius 2 is 2.00 bits per heavy atom. The van der Waals surface area contributed by atoms with Gasteiger partial charge in [0.15, 0.2) is 6.29 Å². The Balaban J connectivity index is 3.20. The molecular weight excluding hydrogens is 144 g/mol. The molecule has 0 aliphatic carbocycles. The summed E-state index contributed by atoms with van der Waals surface area (Å²) in [4.78, 5) is 4.12. The Morgan fingerprint density at radius 1 is 1.27 bits per heavy atom. The molecule has 0 heterocycles. The molecule has 0 aliphatic heterocycles. The molecule has 0 aromatic heterocycles. The summed E-state index contributed by atoms with van der Waals surface area (Å²) in [5.74, 6) is 0. The fraction of sp³-hybridized carbons (Fsp3) is 1.00. The second-order valence-electron chi connectivity index (χ2n) is 2.55. The van der Waals surface area contributed by atoms with Crippen LogP contribution in [0.25, 0.3) is 0 Å². The van der Waals surface area contributed by atoms with Crippen LogP contribution >= 0.6 is 0 Å². The van der Waals surface area contributed by atoms with Crippen LogP contribution in [0.3, 0.4) is 0 Å². The highest BCUT2D eigenvalue weighted by Crippen LogP contribution is 2.03. The van der Waals surface area contributed by atoms with Crippen LogP contribution in [-0.2, 0) is 9.62 Å². The summed E-state index contributed by atoms with van der Waals surface area (Å²) in [7, 11) is 0. The number of ether oxygens (including phenoxy) is 1. The number of hydrogen-bond donors (Lipinski definition) is 1. The van der Waals surface area contributed by atoms with Crippen LogP contribution in [0, 0.1) is 0 Å². The molecule has 68 valence electrons. The third-order valence-corrected chi connectivity index (χ3v) is 1.44. The van der Waals surface area contributed by atoms with Gasteiger partial charge in [-0.15, -0.1) is 0 Å². The van der Waals surface area contributed by atoms with E-state index in [1.165, 1.54) is 0 Å². The molecule has 0 fully saturated rings. The normalized spacial score (nSPS) is 13.4. The first-order valence-corrected chi connectivity index (χ1v) is 4.27. The molecule has 1 atom stereocenters. The highest BCUT2D eigenvalue weighted by molar-refractivity contribution is 4.41. The Morgan fingerprint density at radius 3 is 2.45 bits per heavy atom. The van der Waals surface area contributed by atoms with Gasteiger partial charge in [-0.3, -0.25) is 0 Å². The van der Waals surface area contributed by atoms with Gasteiger partial charge in [-0.05, 0) is 6.42 Å². The monoisotopic (exact) mass is 162 g/mol. The highest BCUT2D eigenvalue weighted by Gasteiger charge is 2.05. The molecule has 3 nitrogen and oxygen atoms in total. The second kappa shape index (κ2) is 7.98. The first-order chi connectivity index (χ1) is 5.35. The maximum atomic E-state index is 8.33. The number of hydrogen-bond acceptors (Lipinski definition) is 3. The minimum atomic E-state index is -0.424. The van der Waals surface area contributed by atoms with E-state index in [2.05, 4.69) is 11.8 Å². The van der Waals surface area contributed by atoms with Crippen LogP contribution in [0.1, 0.15) is 39.5 Å². The summed E-state index contributed by atoms with van der Waals surface area (Å²) in [6.45, 7) is 4.79. The van der Waals surface area contributed by atoms with E-state index in [1.54, 1.807) is 0 Å². The van der Waals surface area contributed by atoms with E-state index in [0.29, 0.717) is 6.61 Å². The van der Waals surface area contributed by atoms with Crippen LogP contribution < -0.4 is 0 Å². The molecule has 0 aromatic rings. The van der Waals surface area contributed by atoms with Crippen molar-refractivity contribution in [1.29, 1.82) is 0 Å². The lowest BCUT2D eigenvalue weighted by Gasteiger charge is -2.12. The quantitative estimate of drug-likeness (QED) is 0.270. The van der Waals surface area contributed by atoms with E-state index in [1.807, 2.05) is 6.92 Å². The van der Waals surface area contributed by atoms with Crippen LogP contribution in [0.2, 0.25) is 0 Å². The van der Waals surface area contributed by atoms with E-state index in [4.69, 9.17) is 9.99 Å². The standard InChI is InChI=1S/C8H18O3/c1-3-5-7-10-8(11-9)6-4-2/h8-9H,3-7H2,1-2H3/t8-/m1/s1. The van der Waals surface area contributed by atoms with E-state index >= 15 is 0 Å². The van der Waals surface area contributed by atoms with E-state index in [-0.39, 0.29) is 0 Å². The first-order valence-electron chi connectivity index (χ1n) is 4.27. The maximum Gasteiger partial charge on any atom is 0.190 e. The molecule has 0 saturated carbocycles. The molecule has 0 spiro atoms. The molecule has 11 heavy (non-hydrogen) atoms. The van der Waals surface area contributed by atoms with E-state index in [0.717, 1.165) is 25.7 Å². The van der Waals surface area contributed by atoms with Gasteiger partial charge in [0.2, 0.25) is 0 Å². The van der Waals surface area contributed by atoms with Crippen molar-refractivity contribution in [2.75, 3.05) is 6.61 Å². The summed E-state index contributed by atoms with van der Waals surface area (Å²) in [6.07, 6.45) is 3.40. The van der Waals surface area contributed by atoms with Gasteiger partial charge in [0.25, 0.3) is 0 Å². The molecule has 0 bridgehead atoms. The number of rotatable bonds is 7. The average Bonchev–Trinajstić information content (AvgIpc) is 2.03. The molecule has 0 amide bonds. The second-order valence-corrected chi connectivity index (χ2v) is 2.55.